The highest BCUT2D eigenvalue weighted by Gasteiger charge is 2.42. The van der Waals surface area contributed by atoms with Crippen molar-refractivity contribution in [3.05, 3.63) is 36.0 Å². The summed E-state index contributed by atoms with van der Waals surface area (Å²) in [5.74, 6) is 0.158. The molecule has 5 heteroatoms. The van der Waals surface area contributed by atoms with Gasteiger partial charge < -0.3 is 10.3 Å². The van der Waals surface area contributed by atoms with Gasteiger partial charge in [0.25, 0.3) is 5.91 Å². The molecule has 24 heavy (non-hydrogen) atoms. The van der Waals surface area contributed by atoms with Gasteiger partial charge in [0.2, 0.25) is 5.67 Å². The lowest BCUT2D eigenvalue weighted by Crippen LogP contribution is -2.54. The van der Waals surface area contributed by atoms with Crippen LogP contribution in [0, 0.1) is 5.92 Å². The Hall–Kier alpha value is -1.88. The van der Waals surface area contributed by atoms with E-state index in [1.165, 1.54) is 0 Å². The minimum absolute atomic E-state index is 0.189. The Kier molecular flexibility index (Phi) is 4.04. The molecule has 4 rings (SSSR count). The second-order valence-corrected chi connectivity index (χ2v) is 7.33. The standard InChI is InChI=1S/C19H24FN3O/c20-19(18(24)22-11-14-2-3-14)7-1-9-23(13-19)12-15-4-5-17-16(10-15)6-8-21-17/h4-6,8,10,14,21H,1-3,7,9,11-13H2,(H,22,24)/t19-/m0/s1. The van der Waals surface area contributed by atoms with Crippen LogP contribution in [0.1, 0.15) is 31.2 Å². The number of benzene rings is 1. The summed E-state index contributed by atoms with van der Waals surface area (Å²) in [4.78, 5) is 17.5. The third-order valence-corrected chi connectivity index (χ3v) is 5.20. The number of nitrogens with one attached hydrogen (secondary N) is 2. The van der Waals surface area contributed by atoms with Crippen LogP contribution in [0.4, 0.5) is 4.39 Å². The summed E-state index contributed by atoms with van der Waals surface area (Å²) in [6.07, 6.45) is 5.30. The molecule has 0 radical (unpaired) electrons. The molecule has 1 aromatic heterocycles. The number of rotatable bonds is 5. The van der Waals surface area contributed by atoms with Gasteiger partial charge in [0.1, 0.15) is 0 Å². The minimum atomic E-state index is -1.74. The topological polar surface area (TPSA) is 48.1 Å². The first-order chi connectivity index (χ1) is 11.6. The average Bonchev–Trinajstić information content (AvgIpc) is 3.28. The molecule has 1 atom stereocenters. The lowest BCUT2D eigenvalue weighted by atomic mass is 9.93. The summed E-state index contributed by atoms with van der Waals surface area (Å²) in [6, 6.07) is 8.30. The van der Waals surface area contributed by atoms with Crippen molar-refractivity contribution in [2.75, 3.05) is 19.6 Å². The lowest BCUT2D eigenvalue weighted by Gasteiger charge is -2.36. The number of aromatic amines is 1. The molecule has 2 N–H and O–H groups in total. The number of nitrogens with zero attached hydrogens (tertiary/aromatic N) is 1. The number of H-pyrrole nitrogens is 1. The quantitative estimate of drug-likeness (QED) is 0.886. The van der Waals surface area contributed by atoms with Crippen molar-refractivity contribution in [1.29, 1.82) is 0 Å². The van der Waals surface area contributed by atoms with Gasteiger partial charge in [-0.15, -0.1) is 0 Å². The smallest absolute Gasteiger partial charge is 0.259 e. The zero-order valence-electron chi connectivity index (χ0n) is 13.9. The predicted octanol–water partition coefficient (Wildman–Crippen LogP) is 3.00. The van der Waals surface area contributed by atoms with E-state index in [2.05, 4.69) is 33.4 Å². The van der Waals surface area contributed by atoms with E-state index in [9.17, 15) is 4.79 Å². The molecule has 1 saturated heterocycles. The van der Waals surface area contributed by atoms with Crippen LogP contribution in [-0.4, -0.2) is 41.1 Å². The molecule has 1 amide bonds. The number of hydrogen-bond donors (Lipinski definition) is 2. The number of aromatic nitrogens is 1. The highest BCUT2D eigenvalue weighted by Crippen LogP contribution is 2.30. The number of likely N-dealkylation sites (tertiary alicyclic amines) is 1. The molecule has 2 heterocycles. The fourth-order valence-electron chi connectivity index (χ4n) is 3.59. The van der Waals surface area contributed by atoms with Crippen molar-refractivity contribution in [2.24, 2.45) is 5.92 Å². The number of hydrogen-bond acceptors (Lipinski definition) is 2. The Labute approximate surface area is 141 Å². The van der Waals surface area contributed by atoms with Gasteiger partial charge in [-0.1, -0.05) is 6.07 Å². The van der Waals surface area contributed by atoms with E-state index < -0.39 is 11.6 Å². The monoisotopic (exact) mass is 329 g/mol. The van der Waals surface area contributed by atoms with Gasteiger partial charge >= 0.3 is 0 Å². The van der Waals surface area contributed by atoms with Crippen LogP contribution in [0.2, 0.25) is 0 Å². The molecule has 1 aromatic carbocycles. The van der Waals surface area contributed by atoms with Crippen molar-refractivity contribution in [2.45, 2.75) is 37.9 Å². The fraction of sp³-hybridized carbons (Fsp3) is 0.526. The van der Waals surface area contributed by atoms with Gasteiger partial charge in [0.05, 0.1) is 0 Å². The maximum Gasteiger partial charge on any atom is 0.259 e. The van der Waals surface area contributed by atoms with E-state index in [0.717, 1.165) is 42.3 Å². The van der Waals surface area contributed by atoms with E-state index in [-0.39, 0.29) is 6.54 Å². The summed E-state index contributed by atoms with van der Waals surface area (Å²) in [5.41, 5.74) is 0.520. The minimum Gasteiger partial charge on any atom is -0.361 e. The normalized spacial score (nSPS) is 25.0. The van der Waals surface area contributed by atoms with Crippen molar-refractivity contribution in [3.8, 4) is 0 Å². The van der Waals surface area contributed by atoms with Gasteiger partial charge in [-0.2, -0.15) is 0 Å². The summed E-state index contributed by atoms with van der Waals surface area (Å²) < 4.78 is 15.1. The van der Waals surface area contributed by atoms with Crippen molar-refractivity contribution >= 4 is 16.8 Å². The molecule has 0 unspecified atom stereocenters. The summed E-state index contributed by atoms with van der Waals surface area (Å²) >= 11 is 0. The van der Waals surface area contributed by atoms with Crippen LogP contribution < -0.4 is 5.32 Å². The SMILES string of the molecule is O=C(NCC1CC1)[C@]1(F)CCCN(Cc2ccc3[nH]ccc3c2)C1. The average molecular weight is 329 g/mol. The van der Waals surface area contributed by atoms with Crippen molar-refractivity contribution in [3.63, 3.8) is 0 Å². The Morgan fingerprint density at radius 3 is 3.08 bits per heavy atom. The molecule has 1 aliphatic heterocycles. The van der Waals surface area contributed by atoms with E-state index >= 15 is 4.39 Å². The Morgan fingerprint density at radius 2 is 2.25 bits per heavy atom. The van der Waals surface area contributed by atoms with E-state index in [1.807, 2.05) is 12.3 Å². The second kappa shape index (κ2) is 6.20. The van der Waals surface area contributed by atoms with Crippen molar-refractivity contribution in [1.82, 2.24) is 15.2 Å². The van der Waals surface area contributed by atoms with Crippen LogP contribution in [0.25, 0.3) is 10.9 Å². The van der Waals surface area contributed by atoms with Crippen LogP contribution in [-0.2, 0) is 11.3 Å². The number of halogens is 1. The van der Waals surface area contributed by atoms with Crippen LogP contribution in [0.5, 0.6) is 0 Å². The molecular weight excluding hydrogens is 305 g/mol. The molecule has 1 aliphatic carbocycles. The third-order valence-electron chi connectivity index (χ3n) is 5.20. The largest absolute Gasteiger partial charge is 0.361 e. The van der Waals surface area contributed by atoms with Crippen LogP contribution in [0.3, 0.4) is 0 Å². The zero-order valence-corrected chi connectivity index (χ0v) is 13.9. The van der Waals surface area contributed by atoms with Crippen molar-refractivity contribution < 1.29 is 9.18 Å². The zero-order chi connectivity index (χ0) is 16.6. The number of carbonyl (C=O) groups is 1. The summed E-state index contributed by atoms with van der Waals surface area (Å²) in [7, 11) is 0. The molecule has 2 aliphatic rings. The van der Waals surface area contributed by atoms with E-state index in [1.54, 1.807) is 0 Å². The third kappa shape index (κ3) is 3.31. The first-order valence-corrected chi connectivity index (χ1v) is 8.88. The fourth-order valence-corrected chi connectivity index (χ4v) is 3.59. The maximum absolute atomic E-state index is 15.1. The van der Waals surface area contributed by atoms with E-state index in [0.29, 0.717) is 25.4 Å². The van der Waals surface area contributed by atoms with Gasteiger partial charge in [-0.3, -0.25) is 9.69 Å². The molecule has 128 valence electrons. The molecule has 2 aromatic rings. The molecular formula is C19H24FN3O. The lowest BCUT2D eigenvalue weighted by molar-refractivity contribution is -0.136. The van der Waals surface area contributed by atoms with Gasteiger partial charge in [-0.25, -0.2) is 4.39 Å². The van der Waals surface area contributed by atoms with E-state index in [4.69, 9.17) is 0 Å². The van der Waals surface area contributed by atoms with Crippen LogP contribution in [0.15, 0.2) is 30.5 Å². The molecule has 0 bridgehead atoms. The summed E-state index contributed by atoms with van der Waals surface area (Å²) in [6.45, 7) is 2.35. The number of fused-ring (bicyclic) bond motifs is 1. The van der Waals surface area contributed by atoms with Crippen LogP contribution >= 0.6 is 0 Å². The first-order valence-electron chi connectivity index (χ1n) is 8.88. The number of piperidine rings is 1. The molecule has 1 saturated carbocycles. The number of amides is 1. The van der Waals surface area contributed by atoms with Gasteiger partial charge in [-0.05, 0) is 67.3 Å². The molecule has 0 spiro atoms. The first kappa shape index (κ1) is 15.6. The Bertz CT molecular complexity index is 739. The predicted molar refractivity (Wildman–Crippen MR) is 92.4 cm³/mol. The number of carbonyl (C=O) groups excluding carboxylic acids is 1. The Balaban J connectivity index is 1.40. The number of alkyl halides is 1. The summed E-state index contributed by atoms with van der Waals surface area (Å²) in [5, 5.41) is 3.98. The second-order valence-electron chi connectivity index (χ2n) is 7.33. The highest BCUT2D eigenvalue weighted by atomic mass is 19.1. The van der Waals surface area contributed by atoms with Gasteiger partial charge in [0, 0.05) is 31.3 Å². The Morgan fingerprint density at radius 1 is 1.38 bits per heavy atom. The highest BCUT2D eigenvalue weighted by molar-refractivity contribution is 5.85. The van der Waals surface area contributed by atoms with Gasteiger partial charge in [0.15, 0.2) is 0 Å². The maximum atomic E-state index is 15.1. The molecule has 2 fully saturated rings. The molecule has 4 nitrogen and oxygen atoms in total.